The summed E-state index contributed by atoms with van der Waals surface area (Å²) in [7, 11) is -2.05. The lowest BCUT2D eigenvalue weighted by Crippen LogP contribution is -2.33. The summed E-state index contributed by atoms with van der Waals surface area (Å²) in [6.45, 7) is 1.03. The standard InChI is InChI=1S/C14H20N2O4S/c1-20-14(17)12-4-2-11(3-5-12)10-21(18,19)16-9-8-15-13-6-7-13/h2-5,13,15-16H,6-10H2,1H3. The van der Waals surface area contributed by atoms with E-state index in [0.29, 0.717) is 30.3 Å². The van der Waals surface area contributed by atoms with Crippen molar-refractivity contribution < 1.29 is 17.9 Å². The first kappa shape index (κ1) is 15.9. The molecule has 2 rings (SSSR count). The number of sulfonamides is 1. The third-order valence-electron chi connectivity index (χ3n) is 3.19. The van der Waals surface area contributed by atoms with E-state index in [0.717, 1.165) is 0 Å². The highest BCUT2D eigenvalue weighted by atomic mass is 32.2. The van der Waals surface area contributed by atoms with Crippen molar-refractivity contribution in [3.63, 3.8) is 0 Å². The molecule has 1 saturated carbocycles. The van der Waals surface area contributed by atoms with Gasteiger partial charge in [-0.1, -0.05) is 12.1 Å². The topological polar surface area (TPSA) is 84.5 Å². The predicted molar refractivity (Wildman–Crippen MR) is 79.4 cm³/mol. The number of hydrogen-bond donors (Lipinski definition) is 2. The zero-order valence-electron chi connectivity index (χ0n) is 12.0. The molecule has 1 aliphatic carbocycles. The molecule has 1 fully saturated rings. The number of carbonyl (C=O) groups is 1. The molecular weight excluding hydrogens is 292 g/mol. The molecular formula is C14H20N2O4S. The third kappa shape index (κ3) is 5.45. The fourth-order valence-corrected chi connectivity index (χ4v) is 3.04. The second-order valence-electron chi connectivity index (χ2n) is 5.07. The quantitative estimate of drug-likeness (QED) is 0.544. The van der Waals surface area contributed by atoms with Crippen LogP contribution >= 0.6 is 0 Å². The van der Waals surface area contributed by atoms with E-state index in [1.54, 1.807) is 24.3 Å². The first-order valence-corrected chi connectivity index (χ1v) is 8.53. The van der Waals surface area contributed by atoms with Crippen LogP contribution in [0.1, 0.15) is 28.8 Å². The van der Waals surface area contributed by atoms with Gasteiger partial charge in [-0.25, -0.2) is 17.9 Å². The van der Waals surface area contributed by atoms with Crippen LogP contribution in [-0.2, 0) is 20.5 Å². The largest absolute Gasteiger partial charge is 0.465 e. The average molecular weight is 312 g/mol. The van der Waals surface area contributed by atoms with Crippen LogP contribution in [0.2, 0.25) is 0 Å². The predicted octanol–water partition coefficient (Wildman–Crippen LogP) is 0.645. The Morgan fingerprint density at radius 3 is 2.48 bits per heavy atom. The number of hydrogen-bond acceptors (Lipinski definition) is 5. The van der Waals surface area contributed by atoms with Crippen LogP contribution in [0.5, 0.6) is 0 Å². The van der Waals surface area contributed by atoms with Gasteiger partial charge in [0.15, 0.2) is 0 Å². The maximum absolute atomic E-state index is 11.9. The van der Waals surface area contributed by atoms with E-state index in [9.17, 15) is 13.2 Å². The van der Waals surface area contributed by atoms with Gasteiger partial charge in [0.1, 0.15) is 0 Å². The maximum Gasteiger partial charge on any atom is 0.337 e. The van der Waals surface area contributed by atoms with Crippen LogP contribution in [0, 0.1) is 0 Å². The summed E-state index contributed by atoms with van der Waals surface area (Å²) in [6, 6.07) is 6.93. The minimum Gasteiger partial charge on any atom is -0.465 e. The number of esters is 1. The Bertz CT molecular complexity index is 579. The van der Waals surface area contributed by atoms with Crippen LogP contribution in [-0.4, -0.2) is 40.6 Å². The molecule has 2 N–H and O–H groups in total. The van der Waals surface area contributed by atoms with Crippen molar-refractivity contribution in [2.75, 3.05) is 20.2 Å². The summed E-state index contributed by atoms with van der Waals surface area (Å²) >= 11 is 0. The Balaban J connectivity index is 1.82. The van der Waals surface area contributed by atoms with Crippen molar-refractivity contribution >= 4 is 16.0 Å². The summed E-state index contributed by atoms with van der Waals surface area (Å²) in [5.41, 5.74) is 1.03. The molecule has 0 aromatic heterocycles. The molecule has 0 saturated heterocycles. The number of ether oxygens (including phenoxy) is 1. The van der Waals surface area contributed by atoms with Gasteiger partial charge >= 0.3 is 5.97 Å². The van der Waals surface area contributed by atoms with Gasteiger partial charge in [0, 0.05) is 19.1 Å². The van der Waals surface area contributed by atoms with Crippen molar-refractivity contribution in [1.82, 2.24) is 10.0 Å². The number of carbonyl (C=O) groups excluding carboxylic acids is 1. The van der Waals surface area contributed by atoms with E-state index in [1.165, 1.54) is 20.0 Å². The van der Waals surface area contributed by atoms with Crippen LogP contribution in [0.3, 0.4) is 0 Å². The Morgan fingerprint density at radius 2 is 1.90 bits per heavy atom. The van der Waals surface area contributed by atoms with Gasteiger partial charge in [0.05, 0.1) is 18.4 Å². The highest BCUT2D eigenvalue weighted by molar-refractivity contribution is 7.88. The molecule has 0 aliphatic heterocycles. The molecule has 0 radical (unpaired) electrons. The number of benzene rings is 1. The van der Waals surface area contributed by atoms with Crippen LogP contribution in [0.4, 0.5) is 0 Å². The molecule has 0 unspecified atom stereocenters. The fraction of sp³-hybridized carbons (Fsp3) is 0.500. The second kappa shape index (κ2) is 7.02. The highest BCUT2D eigenvalue weighted by Crippen LogP contribution is 2.17. The SMILES string of the molecule is COC(=O)c1ccc(CS(=O)(=O)NCCNC2CC2)cc1. The summed E-state index contributed by atoms with van der Waals surface area (Å²) in [4.78, 5) is 11.3. The van der Waals surface area contributed by atoms with Gasteiger partial charge in [-0.15, -0.1) is 0 Å². The molecule has 6 nitrogen and oxygen atoms in total. The van der Waals surface area contributed by atoms with Crippen molar-refractivity contribution in [2.24, 2.45) is 0 Å². The molecule has 0 bridgehead atoms. The number of nitrogens with one attached hydrogen (secondary N) is 2. The highest BCUT2D eigenvalue weighted by Gasteiger charge is 2.20. The minimum absolute atomic E-state index is 0.0993. The number of rotatable bonds is 8. The van der Waals surface area contributed by atoms with Crippen molar-refractivity contribution in [2.45, 2.75) is 24.6 Å². The fourth-order valence-electron chi connectivity index (χ4n) is 1.90. The summed E-state index contributed by atoms with van der Waals surface area (Å²) in [5, 5.41) is 3.24. The van der Waals surface area contributed by atoms with Gasteiger partial charge in [-0.2, -0.15) is 0 Å². The molecule has 116 valence electrons. The van der Waals surface area contributed by atoms with Gasteiger partial charge in [0.25, 0.3) is 0 Å². The average Bonchev–Trinajstić information content (AvgIpc) is 3.27. The van der Waals surface area contributed by atoms with Gasteiger partial charge in [-0.05, 0) is 30.5 Å². The molecule has 1 aromatic carbocycles. The van der Waals surface area contributed by atoms with E-state index in [-0.39, 0.29) is 5.75 Å². The van der Waals surface area contributed by atoms with Gasteiger partial charge in [-0.3, -0.25) is 0 Å². The van der Waals surface area contributed by atoms with E-state index < -0.39 is 16.0 Å². The lowest BCUT2D eigenvalue weighted by atomic mass is 10.1. The van der Waals surface area contributed by atoms with Crippen molar-refractivity contribution in [3.8, 4) is 0 Å². The summed E-state index contributed by atoms with van der Waals surface area (Å²) in [6.07, 6.45) is 2.36. The Kier molecular flexibility index (Phi) is 5.33. The van der Waals surface area contributed by atoms with Gasteiger partial charge in [0.2, 0.25) is 10.0 Å². The lowest BCUT2D eigenvalue weighted by molar-refractivity contribution is 0.0600. The third-order valence-corrected chi connectivity index (χ3v) is 4.55. The molecule has 1 aliphatic rings. The van der Waals surface area contributed by atoms with Crippen molar-refractivity contribution in [3.05, 3.63) is 35.4 Å². The number of methoxy groups -OCH3 is 1. The van der Waals surface area contributed by atoms with E-state index in [1.807, 2.05) is 0 Å². The first-order valence-electron chi connectivity index (χ1n) is 6.88. The molecule has 0 heterocycles. The zero-order valence-corrected chi connectivity index (χ0v) is 12.8. The van der Waals surface area contributed by atoms with Crippen LogP contribution in [0.25, 0.3) is 0 Å². The molecule has 21 heavy (non-hydrogen) atoms. The van der Waals surface area contributed by atoms with E-state index in [2.05, 4.69) is 14.8 Å². The smallest absolute Gasteiger partial charge is 0.337 e. The zero-order chi connectivity index (χ0) is 15.3. The van der Waals surface area contributed by atoms with E-state index >= 15 is 0 Å². The molecule has 0 atom stereocenters. The van der Waals surface area contributed by atoms with E-state index in [4.69, 9.17) is 0 Å². The van der Waals surface area contributed by atoms with Gasteiger partial charge < -0.3 is 10.1 Å². The molecule has 1 aromatic rings. The Morgan fingerprint density at radius 1 is 1.24 bits per heavy atom. The monoisotopic (exact) mass is 312 g/mol. The Labute approximate surface area is 124 Å². The molecule has 0 spiro atoms. The van der Waals surface area contributed by atoms with Crippen LogP contribution < -0.4 is 10.0 Å². The first-order chi connectivity index (χ1) is 10.00. The normalized spacial score (nSPS) is 14.9. The van der Waals surface area contributed by atoms with Crippen LogP contribution in [0.15, 0.2) is 24.3 Å². The molecule has 0 amide bonds. The lowest BCUT2D eigenvalue weighted by Gasteiger charge is -2.08. The van der Waals surface area contributed by atoms with Crippen molar-refractivity contribution in [1.29, 1.82) is 0 Å². The summed E-state index contributed by atoms with van der Waals surface area (Å²) < 4.78 is 31.0. The minimum atomic E-state index is -3.36. The molecule has 7 heteroatoms. The summed E-state index contributed by atoms with van der Waals surface area (Å²) in [5.74, 6) is -0.536. The Hall–Kier alpha value is -1.44. The maximum atomic E-state index is 11.9. The second-order valence-corrected chi connectivity index (χ2v) is 6.88.